The van der Waals surface area contributed by atoms with E-state index < -0.39 is 0 Å². The van der Waals surface area contributed by atoms with E-state index in [0.717, 1.165) is 25.8 Å². The minimum absolute atomic E-state index is 0.122. The second-order valence-electron chi connectivity index (χ2n) is 3.75. The van der Waals surface area contributed by atoms with Crippen molar-refractivity contribution in [2.75, 3.05) is 13.1 Å². The molecule has 0 aliphatic rings. The van der Waals surface area contributed by atoms with Crippen molar-refractivity contribution < 1.29 is 4.79 Å². The summed E-state index contributed by atoms with van der Waals surface area (Å²) in [6.07, 6.45) is 8.92. The monoisotopic (exact) mass is 224 g/mol. The molecule has 1 rings (SSSR count). The quantitative estimate of drug-likeness (QED) is 0.632. The van der Waals surface area contributed by atoms with Crippen molar-refractivity contribution in [3.8, 4) is 0 Å². The van der Waals surface area contributed by atoms with Gasteiger partial charge < -0.3 is 15.6 Å². The fourth-order valence-corrected chi connectivity index (χ4v) is 1.44. The summed E-state index contributed by atoms with van der Waals surface area (Å²) in [7, 11) is 0. The predicted molar refractivity (Wildman–Crippen MR) is 62.8 cm³/mol. The van der Waals surface area contributed by atoms with Crippen molar-refractivity contribution in [2.24, 2.45) is 5.73 Å². The molecule has 1 aromatic heterocycles. The second-order valence-corrected chi connectivity index (χ2v) is 3.75. The van der Waals surface area contributed by atoms with Gasteiger partial charge in [-0.3, -0.25) is 4.79 Å². The molecule has 0 spiro atoms. The standard InChI is InChI=1S/C11H20N4O/c12-5-3-1-2-4-11(16)14-7-9-15-8-6-13-10-15/h6,8,10H,1-5,7,9,12H2,(H,14,16). The van der Waals surface area contributed by atoms with Crippen LogP contribution >= 0.6 is 0 Å². The van der Waals surface area contributed by atoms with Gasteiger partial charge in [0, 0.05) is 31.9 Å². The lowest BCUT2D eigenvalue weighted by Crippen LogP contribution is -2.26. The zero-order valence-corrected chi connectivity index (χ0v) is 9.56. The van der Waals surface area contributed by atoms with E-state index in [1.54, 1.807) is 12.5 Å². The Morgan fingerprint density at radius 2 is 2.25 bits per heavy atom. The van der Waals surface area contributed by atoms with Gasteiger partial charge in [-0.25, -0.2) is 4.98 Å². The van der Waals surface area contributed by atoms with Crippen molar-refractivity contribution in [3.63, 3.8) is 0 Å². The van der Waals surface area contributed by atoms with Crippen molar-refractivity contribution in [2.45, 2.75) is 32.2 Å². The summed E-state index contributed by atoms with van der Waals surface area (Å²) < 4.78 is 1.94. The maximum atomic E-state index is 11.4. The Hall–Kier alpha value is -1.36. The Morgan fingerprint density at radius 1 is 1.38 bits per heavy atom. The van der Waals surface area contributed by atoms with Crippen molar-refractivity contribution in [1.82, 2.24) is 14.9 Å². The normalized spacial score (nSPS) is 10.3. The molecule has 0 aliphatic heterocycles. The van der Waals surface area contributed by atoms with Gasteiger partial charge in [0.1, 0.15) is 0 Å². The third-order valence-corrected chi connectivity index (χ3v) is 2.36. The van der Waals surface area contributed by atoms with Gasteiger partial charge in [-0.2, -0.15) is 0 Å². The highest BCUT2D eigenvalue weighted by Crippen LogP contribution is 1.97. The molecule has 1 aromatic rings. The number of unbranched alkanes of at least 4 members (excludes halogenated alkanes) is 2. The molecule has 0 saturated heterocycles. The molecule has 5 nitrogen and oxygen atoms in total. The largest absolute Gasteiger partial charge is 0.354 e. The van der Waals surface area contributed by atoms with Crippen molar-refractivity contribution in [1.29, 1.82) is 0 Å². The van der Waals surface area contributed by atoms with Gasteiger partial charge in [-0.15, -0.1) is 0 Å². The van der Waals surface area contributed by atoms with Crippen LogP contribution in [0.15, 0.2) is 18.7 Å². The van der Waals surface area contributed by atoms with E-state index in [4.69, 9.17) is 5.73 Å². The van der Waals surface area contributed by atoms with E-state index in [1.165, 1.54) is 0 Å². The predicted octanol–water partition coefficient (Wildman–Crippen LogP) is 0.518. The first-order valence-corrected chi connectivity index (χ1v) is 5.75. The first-order chi connectivity index (χ1) is 7.83. The van der Waals surface area contributed by atoms with Crippen LogP contribution in [0.5, 0.6) is 0 Å². The third-order valence-electron chi connectivity index (χ3n) is 2.36. The number of imidazole rings is 1. The smallest absolute Gasteiger partial charge is 0.220 e. The van der Waals surface area contributed by atoms with Gasteiger partial charge in [-0.1, -0.05) is 6.42 Å². The molecule has 16 heavy (non-hydrogen) atoms. The molecule has 0 fully saturated rings. The van der Waals surface area contributed by atoms with Gasteiger partial charge in [0.15, 0.2) is 0 Å². The Bertz CT molecular complexity index is 284. The minimum Gasteiger partial charge on any atom is -0.354 e. The number of nitrogens with two attached hydrogens (primary N) is 1. The molecule has 90 valence electrons. The highest BCUT2D eigenvalue weighted by atomic mass is 16.1. The van der Waals surface area contributed by atoms with Crippen LogP contribution in [0.25, 0.3) is 0 Å². The fourth-order valence-electron chi connectivity index (χ4n) is 1.44. The number of amides is 1. The average Bonchev–Trinajstić information content (AvgIpc) is 2.77. The summed E-state index contributed by atoms with van der Waals surface area (Å²) in [5.41, 5.74) is 5.37. The minimum atomic E-state index is 0.122. The molecule has 0 unspecified atom stereocenters. The molecular weight excluding hydrogens is 204 g/mol. The zero-order valence-electron chi connectivity index (χ0n) is 9.56. The molecule has 0 aromatic carbocycles. The molecule has 1 heterocycles. The lowest BCUT2D eigenvalue weighted by Gasteiger charge is -2.05. The van der Waals surface area contributed by atoms with Crippen LogP contribution in [0.2, 0.25) is 0 Å². The summed E-state index contributed by atoms with van der Waals surface area (Å²) in [5, 5.41) is 2.88. The number of nitrogens with zero attached hydrogens (tertiary/aromatic N) is 2. The molecule has 0 radical (unpaired) electrons. The van der Waals surface area contributed by atoms with Gasteiger partial charge >= 0.3 is 0 Å². The molecule has 5 heteroatoms. The average molecular weight is 224 g/mol. The highest BCUT2D eigenvalue weighted by Gasteiger charge is 1.99. The van der Waals surface area contributed by atoms with Crippen LogP contribution in [0.4, 0.5) is 0 Å². The van der Waals surface area contributed by atoms with Crippen LogP contribution in [-0.4, -0.2) is 28.5 Å². The van der Waals surface area contributed by atoms with Gasteiger partial charge in [0.25, 0.3) is 0 Å². The number of carbonyl (C=O) groups excluding carboxylic acids is 1. The van der Waals surface area contributed by atoms with E-state index in [-0.39, 0.29) is 5.91 Å². The summed E-state index contributed by atoms with van der Waals surface area (Å²) in [5.74, 6) is 0.122. The van der Waals surface area contributed by atoms with Crippen LogP contribution in [0, 0.1) is 0 Å². The first kappa shape index (κ1) is 12.7. The van der Waals surface area contributed by atoms with Crippen molar-refractivity contribution in [3.05, 3.63) is 18.7 Å². The Kier molecular flexibility index (Phi) is 6.25. The molecule has 3 N–H and O–H groups in total. The Balaban J connectivity index is 1.98. The van der Waals surface area contributed by atoms with Gasteiger partial charge in [0.2, 0.25) is 5.91 Å². The Labute approximate surface area is 96.0 Å². The number of carbonyl (C=O) groups is 1. The van der Waals surface area contributed by atoms with Crippen LogP contribution in [0.1, 0.15) is 25.7 Å². The molecular formula is C11H20N4O. The maximum absolute atomic E-state index is 11.4. The number of rotatable bonds is 8. The molecule has 0 aliphatic carbocycles. The van der Waals surface area contributed by atoms with Gasteiger partial charge in [0.05, 0.1) is 6.33 Å². The Morgan fingerprint density at radius 3 is 2.94 bits per heavy atom. The van der Waals surface area contributed by atoms with E-state index >= 15 is 0 Å². The van der Waals surface area contributed by atoms with Crippen molar-refractivity contribution >= 4 is 5.91 Å². The summed E-state index contributed by atoms with van der Waals surface area (Å²) in [4.78, 5) is 15.3. The summed E-state index contributed by atoms with van der Waals surface area (Å²) in [6.45, 7) is 2.14. The lowest BCUT2D eigenvalue weighted by molar-refractivity contribution is -0.121. The first-order valence-electron chi connectivity index (χ1n) is 5.75. The molecule has 1 amide bonds. The maximum Gasteiger partial charge on any atom is 0.220 e. The zero-order chi connectivity index (χ0) is 11.6. The topological polar surface area (TPSA) is 72.9 Å². The lowest BCUT2D eigenvalue weighted by atomic mass is 10.2. The number of hydrogen-bond donors (Lipinski definition) is 2. The van der Waals surface area contributed by atoms with E-state index in [9.17, 15) is 4.79 Å². The SMILES string of the molecule is NCCCCCC(=O)NCCn1ccnc1. The second kappa shape index (κ2) is 7.87. The number of hydrogen-bond acceptors (Lipinski definition) is 3. The number of aromatic nitrogens is 2. The third kappa shape index (κ3) is 5.50. The van der Waals surface area contributed by atoms with Crippen LogP contribution < -0.4 is 11.1 Å². The summed E-state index contributed by atoms with van der Waals surface area (Å²) in [6, 6.07) is 0. The summed E-state index contributed by atoms with van der Waals surface area (Å²) >= 11 is 0. The fraction of sp³-hybridized carbons (Fsp3) is 0.636. The molecule has 0 saturated carbocycles. The molecule has 0 bridgehead atoms. The van der Waals surface area contributed by atoms with E-state index in [2.05, 4.69) is 10.3 Å². The van der Waals surface area contributed by atoms with E-state index in [0.29, 0.717) is 19.5 Å². The highest BCUT2D eigenvalue weighted by molar-refractivity contribution is 5.75. The van der Waals surface area contributed by atoms with Crippen LogP contribution in [-0.2, 0) is 11.3 Å². The van der Waals surface area contributed by atoms with E-state index in [1.807, 2.05) is 10.8 Å². The molecule has 0 atom stereocenters. The van der Waals surface area contributed by atoms with Gasteiger partial charge in [-0.05, 0) is 19.4 Å². The number of nitrogens with one attached hydrogen (secondary N) is 1. The van der Waals surface area contributed by atoms with Crippen LogP contribution in [0.3, 0.4) is 0 Å².